The molecular weight excluding hydrogens is 364 g/mol. The van der Waals surface area contributed by atoms with E-state index < -0.39 is 0 Å². The van der Waals surface area contributed by atoms with Gasteiger partial charge in [-0.25, -0.2) is 0 Å². The number of hydrogen-bond donors (Lipinski definition) is 0. The van der Waals surface area contributed by atoms with Crippen LogP contribution in [0.3, 0.4) is 0 Å². The van der Waals surface area contributed by atoms with Crippen molar-refractivity contribution in [1.82, 2.24) is 0 Å². The quantitative estimate of drug-likeness (QED) is 0.631. The summed E-state index contributed by atoms with van der Waals surface area (Å²) in [6.45, 7) is 0. The second kappa shape index (κ2) is 7.89. The van der Waals surface area contributed by atoms with Crippen LogP contribution in [0.5, 0.6) is 0 Å². The van der Waals surface area contributed by atoms with E-state index >= 15 is 0 Å². The molecular formula is C21H21BrO2. The standard InChI is InChI=1S/C21H21BrO2/c22-19-12-6-4-10-16(19)18(17-11-5-7-13-20(17)23)14-21(24)15-8-2-1-3-9-15/h1-4,6,8-10,12,17-18H,5,7,11,13-14H2. The molecule has 1 aliphatic rings. The highest BCUT2D eigenvalue weighted by molar-refractivity contribution is 9.10. The van der Waals surface area contributed by atoms with Gasteiger partial charge in [-0.15, -0.1) is 0 Å². The maximum absolute atomic E-state index is 12.8. The van der Waals surface area contributed by atoms with Crippen molar-refractivity contribution < 1.29 is 9.59 Å². The molecule has 2 aromatic rings. The van der Waals surface area contributed by atoms with Crippen molar-refractivity contribution in [1.29, 1.82) is 0 Å². The SMILES string of the molecule is O=C(CC(c1ccccc1Br)C1CCCCC1=O)c1ccccc1. The fourth-order valence-electron chi connectivity index (χ4n) is 3.62. The van der Waals surface area contributed by atoms with E-state index in [9.17, 15) is 9.59 Å². The molecule has 0 amide bonds. The minimum Gasteiger partial charge on any atom is -0.299 e. The summed E-state index contributed by atoms with van der Waals surface area (Å²) in [6.07, 6.45) is 3.95. The Kier molecular flexibility index (Phi) is 5.62. The largest absolute Gasteiger partial charge is 0.299 e. The molecule has 1 fully saturated rings. The number of rotatable bonds is 5. The first-order valence-corrected chi connectivity index (χ1v) is 9.31. The summed E-state index contributed by atoms with van der Waals surface area (Å²) < 4.78 is 0.981. The smallest absolute Gasteiger partial charge is 0.163 e. The molecule has 0 spiro atoms. The van der Waals surface area contributed by atoms with Crippen LogP contribution < -0.4 is 0 Å². The van der Waals surface area contributed by atoms with Gasteiger partial charge < -0.3 is 0 Å². The summed E-state index contributed by atoms with van der Waals surface area (Å²) in [6, 6.07) is 17.3. The summed E-state index contributed by atoms with van der Waals surface area (Å²) >= 11 is 3.61. The van der Waals surface area contributed by atoms with Gasteiger partial charge in [-0.05, 0) is 24.5 Å². The highest BCUT2D eigenvalue weighted by Gasteiger charge is 2.33. The number of carbonyl (C=O) groups excluding carboxylic acids is 2. The predicted octanol–water partition coefficient (Wildman–Crippen LogP) is 5.57. The molecule has 2 nitrogen and oxygen atoms in total. The van der Waals surface area contributed by atoms with Crippen LogP contribution in [0, 0.1) is 5.92 Å². The molecule has 0 aromatic heterocycles. The van der Waals surface area contributed by atoms with E-state index in [0.717, 1.165) is 34.9 Å². The second-order valence-electron chi connectivity index (χ2n) is 6.44. The molecule has 124 valence electrons. The van der Waals surface area contributed by atoms with Crippen LogP contribution in [0.25, 0.3) is 0 Å². The Balaban J connectivity index is 1.91. The van der Waals surface area contributed by atoms with Gasteiger partial charge in [0.25, 0.3) is 0 Å². The van der Waals surface area contributed by atoms with E-state index in [1.807, 2.05) is 54.6 Å². The zero-order valence-electron chi connectivity index (χ0n) is 13.6. The molecule has 2 unspecified atom stereocenters. The van der Waals surface area contributed by atoms with Gasteiger partial charge in [0.2, 0.25) is 0 Å². The van der Waals surface area contributed by atoms with Crippen molar-refractivity contribution >= 4 is 27.5 Å². The average Bonchev–Trinajstić information content (AvgIpc) is 2.62. The molecule has 3 rings (SSSR count). The van der Waals surface area contributed by atoms with Crippen LogP contribution in [0.15, 0.2) is 59.1 Å². The lowest BCUT2D eigenvalue weighted by molar-refractivity contribution is -0.125. The molecule has 0 saturated heterocycles. The number of ketones is 2. The van der Waals surface area contributed by atoms with Crippen LogP contribution >= 0.6 is 15.9 Å². The number of Topliss-reactive ketones (excluding diaryl/α,β-unsaturated/α-hetero) is 2. The number of carbonyl (C=O) groups is 2. The Morgan fingerprint density at radius 2 is 1.75 bits per heavy atom. The molecule has 2 atom stereocenters. The Morgan fingerprint density at radius 1 is 1.04 bits per heavy atom. The zero-order valence-corrected chi connectivity index (χ0v) is 15.2. The molecule has 3 heteroatoms. The van der Waals surface area contributed by atoms with Crippen molar-refractivity contribution in [3.8, 4) is 0 Å². The minimum atomic E-state index is -0.0546. The highest BCUT2D eigenvalue weighted by Crippen LogP contribution is 2.39. The van der Waals surface area contributed by atoms with Crippen molar-refractivity contribution in [2.75, 3.05) is 0 Å². The van der Waals surface area contributed by atoms with Crippen molar-refractivity contribution in [3.63, 3.8) is 0 Å². The summed E-state index contributed by atoms with van der Waals surface area (Å²) in [5.74, 6) is 0.309. The Morgan fingerprint density at radius 3 is 2.46 bits per heavy atom. The van der Waals surface area contributed by atoms with Crippen LogP contribution in [-0.4, -0.2) is 11.6 Å². The lowest BCUT2D eigenvalue weighted by atomic mass is 9.73. The molecule has 0 heterocycles. The van der Waals surface area contributed by atoms with Crippen molar-refractivity contribution in [2.45, 2.75) is 38.0 Å². The fourth-order valence-corrected chi connectivity index (χ4v) is 4.20. The number of halogens is 1. The third-order valence-corrected chi connectivity index (χ3v) is 5.62. The van der Waals surface area contributed by atoms with Gasteiger partial charge in [0.1, 0.15) is 5.78 Å². The highest BCUT2D eigenvalue weighted by atomic mass is 79.9. The number of hydrogen-bond acceptors (Lipinski definition) is 2. The summed E-state index contributed by atoms with van der Waals surface area (Å²) in [4.78, 5) is 25.3. The Bertz CT molecular complexity index is 724. The van der Waals surface area contributed by atoms with Gasteiger partial charge in [0.05, 0.1) is 0 Å². The monoisotopic (exact) mass is 384 g/mol. The third kappa shape index (κ3) is 3.84. The zero-order chi connectivity index (χ0) is 16.9. The maximum Gasteiger partial charge on any atom is 0.163 e. The van der Waals surface area contributed by atoms with Crippen LogP contribution in [0.4, 0.5) is 0 Å². The lowest BCUT2D eigenvalue weighted by Gasteiger charge is -2.30. The molecule has 24 heavy (non-hydrogen) atoms. The maximum atomic E-state index is 12.8. The van der Waals surface area contributed by atoms with Crippen LogP contribution in [-0.2, 0) is 4.79 Å². The molecule has 1 saturated carbocycles. The van der Waals surface area contributed by atoms with Gasteiger partial charge >= 0.3 is 0 Å². The first kappa shape index (κ1) is 17.1. The van der Waals surface area contributed by atoms with Gasteiger partial charge in [0.15, 0.2) is 5.78 Å². The molecule has 0 radical (unpaired) electrons. The Labute approximate surface area is 151 Å². The molecule has 0 bridgehead atoms. The summed E-state index contributed by atoms with van der Waals surface area (Å²) in [7, 11) is 0. The fraction of sp³-hybridized carbons (Fsp3) is 0.333. The first-order valence-electron chi connectivity index (χ1n) is 8.52. The van der Waals surface area contributed by atoms with Crippen LogP contribution in [0.1, 0.15) is 53.9 Å². The normalized spacial score (nSPS) is 19.0. The number of benzene rings is 2. The van der Waals surface area contributed by atoms with E-state index in [2.05, 4.69) is 15.9 Å². The van der Waals surface area contributed by atoms with Crippen molar-refractivity contribution in [2.24, 2.45) is 5.92 Å². The lowest BCUT2D eigenvalue weighted by Crippen LogP contribution is -2.27. The van der Waals surface area contributed by atoms with E-state index in [1.165, 1.54) is 0 Å². The first-order chi connectivity index (χ1) is 11.7. The van der Waals surface area contributed by atoms with E-state index in [0.29, 0.717) is 18.6 Å². The van der Waals surface area contributed by atoms with Gasteiger partial charge in [0, 0.05) is 34.7 Å². The second-order valence-corrected chi connectivity index (χ2v) is 7.29. The molecule has 1 aliphatic carbocycles. The van der Waals surface area contributed by atoms with Crippen molar-refractivity contribution in [3.05, 3.63) is 70.2 Å². The third-order valence-electron chi connectivity index (χ3n) is 4.89. The van der Waals surface area contributed by atoms with E-state index in [-0.39, 0.29) is 17.6 Å². The van der Waals surface area contributed by atoms with E-state index in [4.69, 9.17) is 0 Å². The topological polar surface area (TPSA) is 34.1 Å². The van der Waals surface area contributed by atoms with Gasteiger partial charge in [-0.1, -0.05) is 70.9 Å². The predicted molar refractivity (Wildman–Crippen MR) is 99.2 cm³/mol. The molecule has 0 N–H and O–H groups in total. The molecule has 0 aliphatic heterocycles. The van der Waals surface area contributed by atoms with Crippen LogP contribution in [0.2, 0.25) is 0 Å². The molecule has 2 aromatic carbocycles. The van der Waals surface area contributed by atoms with Gasteiger partial charge in [-0.2, -0.15) is 0 Å². The van der Waals surface area contributed by atoms with Gasteiger partial charge in [-0.3, -0.25) is 9.59 Å². The average molecular weight is 385 g/mol. The summed E-state index contributed by atoms with van der Waals surface area (Å²) in [5.41, 5.74) is 1.79. The Hall–Kier alpha value is -1.74. The minimum absolute atomic E-state index is 0.0508. The summed E-state index contributed by atoms with van der Waals surface area (Å²) in [5, 5.41) is 0. The van der Waals surface area contributed by atoms with E-state index in [1.54, 1.807) is 0 Å².